The van der Waals surface area contributed by atoms with Gasteiger partial charge in [-0.15, -0.1) is 0 Å². The summed E-state index contributed by atoms with van der Waals surface area (Å²) in [7, 11) is -0.295. The number of hydrogen-bond donors (Lipinski definition) is 2. The van der Waals surface area contributed by atoms with E-state index < -0.39 is 57.1 Å². The molecule has 1 aliphatic rings. The minimum atomic E-state index is -4.02. The molecule has 3 aromatic rings. The fraction of sp³-hybridized carbons (Fsp3) is 0.486. The van der Waals surface area contributed by atoms with Crippen LogP contribution in [-0.2, 0) is 31.4 Å². The number of anilines is 1. The van der Waals surface area contributed by atoms with Crippen LogP contribution < -0.4 is 21.2 Å². The Kier molecular flexibility index (Phi) is 13.9. The van der Waals surface area contributed by atoms with Gasteiger partial charge in [0.1, 0.15) is 5.82 Å². The maximum absolute atomic E-state index is 14.2. The number of halogens is 1. The number of unbranched alkanes of at least 4 members (excludes halogenated alkanes) is 9. The van der Waals surface area contributed by atoms with Gasteiger partial charge in [-0.3, -0.25) is 28.6 Å². The van der Waals surface area contributed by atoms with Crippen LogP contribution in [0.1, 0.15) is 83.0 Å². The van der Waals surface area contributed by atoms with Gasteiger partial charge in [0, 0.05) is 27.7 Å². The minimum absolute atomic E-state index is 0.000117. The quantitative estimate of drug-likeness (QED) is 0.138. The number of likely N-dealkylation sites (N-methyl/N-ethyl adjacent to an activating group) is 1. The molecule has 0 radical (unpaired) electrons. The van der Waals surface area contributed by atoms with Crippen LogP contribution in [0.3, 0.4) is 0 Å². The maximum atomic E-state index is 14.2. The molecular formula is C35H45ClN6O8S. The number of methoxy groups -OCH3 is 1. The zero-order valence-corrected chi connectivity index (χ0v) is 30.9. The number of carbonyl (C=O) groups is 3. The summed E-state index contributed by atoms with van der Waals surface area (Å²) >= 11 is 6.40. The molecule has 1 fully saturated rings. The van der Waals surface area contributed by atoms with Crippen molar-refractivity contribution in [3.8, 4) is 0 Å². The van der Waals surface area contributed by atoms with Crippen LogP contribution in [0.4, 0.5) is 10.5 Å². The summed E-state index contributed by atoms with van der Waals surface area (Å²) < 4.78 is 35.1. The van der Waals surface area contributed by atoms with Crippen LogP contribution in [0, 0.1) is 0 Å². The lowest BCUT2D eigenvalue weighted by Gasteiger charge is -2.25. The topological polar surface area (TPSA) is 177 Å². The standard InChI is InChI=1S/C35H45ClN6O8S/c1-5-6-7-8-9-10-11-12-13-16-21-37-51(48,49)23-19-20-26(36)27(22-23)38-31(44)28(42-33(46)34(50-4)41(3)35(42)47)29-39-30(43)24-17-14-15-18-25(24)32(45)40(29)2/h14-15,17-20,22,28,34,37H,5-13,16,21H2,1-4H3,(H,38,44). The van der Waals surface area contributed by atoms with E-state index >= 15 is 0 Å². The van der Waals surface area contributed by atoms with Gasteiger partial charge in [-0.25, -0.2) is 22.8 Å². The third-order valence-corrected chi connectivity index (χ3v) is 10.7. The highest BCUT2D eigenvalue weighted by Crippen LogP contribution is 2.31. The normalized spacial score (nSPS) is 15.5. The lowest BCUT2D eigenvalue weighted by atomic mass is 10.1. The van der Waals surface area contributed by atoms with Gasteiger partial charge in [-0.2, -0.15) is 4.98 Å². The Morgan fingerprint density at radius 2 is 1.53 bits per heavy atom. The van der Waals surface area contributed by atoms with Crippen molar-refractivity contribution in [2.45, 2.75) is 88.3 Å². The smallest absolute Gasteiger partial charge is 0.330 e. The SMILES string of the molecule is CCCCCCCCCCCCNS(=O)(=O)c1ccc(Cl)c(NC(=O)C(c2nc(=O)c3ccccc3c(=O)n2C)N2C(=O)C(OC)N(C)C2=O)c1. The van der Waals surface area contributed by atoms with Crippen molar-refractivity contribution in [3.63, 3.8) is 0 Å². The number of sulfonamides is 1. The van der Waals surface area contributed by atoms with E-state index in [9.17, 15) is 32.4 Å². The number of nitrogens with one attached hydrogen (secondary N) is 2. The van der Waals surface area contributed by atoms with Crippen molar-refractivity contribution < 1.29 is 27.5 Å². The summed E-state index contributed by atoms with van der Waals surface area (Å²) in [5.74, 6) is -2.58. The Morgan fingerprint density at radius 3 is 2.14 bits per heavy atom. The molecule has 1 saturated heterocycles. The van der Waals surface area contributed by atoms with Gasteiger partial charge >= 0.3 is 6.03 Å². The number of ether oxygens (including phenoxy) is 1. The number of aromatic nitrogens is 2. The van der Waals surface area contributed by atoms with Gasteiger partial charge in [-0.05, 0) is 36.8 Å². The Morgan fingerprint density at radius 1 is 0.922 bits per heavy atom. The number of imide groups is 1. The van der Waals surface area contributed by atoms with Gasteiger partial charge in [-0.1, -0.05) is 88.4 Å². The third-order valence-electron chi connectivity index (χ3n) is 8.86. The molecule has 276 valence electrons. The van der Waals surface area contributed by atoms with Crippen LogP contribution in [0.15, 0.2) is 56.9 Å². The molecule has 4 amide bonds. The van der Waals surface area contributed by atoms with E-state index in [1.807, 2.05) is 0 Å². The van der Waals surface area contributed by atoms with Crippen LogP contribution in [-0.4, -0.2) is 72.5 Å². The monoisotopic (exact) mass is 744 g/mol. The van der Waals surface area contributed by atoms with Crippen LogP contribution in [0.5, 0.6) is 0 Å². The minimum Gasteiger partial charge on any atom is -0.353 e. The van der Waals surface area contributed by atoms with E-state index in [-0.39, 0.29) is 32.9 Å². The van der Waals surface area contributed by atoms with Gasteiger partial charge < -0.3 is 10.1 Å². The zero-order valence-electron chi connectivity index (χ0n) is 29.3. The molecule has 1 aliphatic heterocycles. The fourth-order valence-electron chi connectivity index (χ4n) is 5.99. The average Bonchev–Trinajstić information content (AvgIpc) is 3.27. The largest absolute Gasteiger partial charge is 0.353 e. The summed E-state index contributed by atoms with van der Waals surface area (Å²) in [6, 6.07) is 6.64. The predicted octanol–water partition coefficient (Wildman–Crippen LogP) is 4.69. The number of urea groups is 1. The Hall–Kier alpha value is -4.18. The van der Waals surface area contributed by atoms with E-state index in [0.29, 0.717) is 11.3 Å². The van der Waals surface area contributed by atoms with Crippen LogP contribution in [0.2, 0.25) is 5.02 Å². The van der Waals surface area contributed by atoms with E-state index in [1.54, 1.807) is 6.07 Å². The molecule has 1 aromatic heterocycles. The van der Waals surface area contributed by atoms with E-state index in [0.717, 1.165) is 34.8 Å². The molecule has 4 rings (SSSR count). The van der Waals surface area contributed by atoms with E-state index in [2.05, 4.69) is 21.9 Å². The molecule has 14 nitrogen and oxygen atoms in total. The van der Waals surface area contributed by atoms with Gasteiger partial charge in [0.15, 0.2) is 6.04 Å². The Balaban J connectivity index is 1.59. The summed E-state index contributed by atoms with van der Waals surface area (Å²) in [4.78, 5) is 73.2. The van der Waals surface area contributed by atoms with E-state index in [4.69, 9.17) is 16.3 Å². The van der Waals surface area contributed by atoms with Crippen LogP contribution in [0.25, 0.3) is 10.8 Å². The average molecular weight is 745 g/mol. The zero-order chi connectivity index (χ0) is 37.3. The first-order valence-electron chi connectivity index (χ1n) is 17.1. The lowest BCUT2D eigenvalue weighted by molar-refractivity contribution is -0.143. The first-order chi connectivity index (χ1) is 24.3. The first-order valence-corrected chi connectivity index (χ1v) is 18.9. The number of hydrogen-bond acceptors (Lipinski definition) is 9. The van der Waals surface area contributed by atoms with Crippen molar-refractivity contribution >= 4 is 55.9 Å². The van der Waals surface area contributed by atoms with Gasteiger partial charge in [0.05, 0.1) is 26.4 Å². The fourth-order valence-corrected chi connectivity index (χ4v) is 7.26. The Bertz CT molecular complexity index is 1990. The van der Waals surface area contributed by atoms with Crippen molar-refractivity contribution in [1.29, 1.82) is 0 Å². The van der Waals surface area contributed by atoms with Gasteiger partial charge in [0.2, 0.25) is 16.3 Å². The molecule has 0 saturated carbocycles. The highest BCUT2D eigenvalue weighted by atomic mass is 35.5. The van der Waals surface area contributed by atoms with Gasteiger partial charge in [0.25, 0.3) is 22.9 Å². The van der Waals surface area contributed by atoms with Crippen LogP contribution >= 0.6 is 11.6 Å². The highest BCUT2D eigenvalue weighted by Gasteiger charge is 2.50. The molecule has 0 spiro atoms. The number of nitrogens with zero attached hydrogens (tertiary/aromatic N) is 4. The van der Waals surface area contributed by atoms with Crippen molar-refractivity contribution in [1.82, 2.24) is 24.1 Å². The Labute approximate surface area is 302 Å². The molecular weight excluding hydrogens is 700 g/mol. The van der Waals surface area contributed by atoms with Crippen molar-refractivity contribution in [3.05, 3.63) is 74.0 Å². The summed E-state index contributed by atoms with van der Waals surface area (Å²) in [5, 5.41) is 2.39. The molecule has 2 unspecified atom stereocenters. The van der Waals surface area contributed by atoms with Crippen molar-refractivity contribution in [2.75, 3.05) is 26.0 Å². The second-order valence-corrected chi connectivity index (χ2v) is 14.7. The second kappa shape index (κ2) is 17.8. The number of carbonyl (C=O) groups excluding carboxylic acids is 3. The number of fused-ring (bicyclic) bond motifs is 1. The highest BCUT2D eigenvalue weighted by molar-refractivity contribution is 7.89. The number of rotatable bonds is 18. The lowest BCUT2D eigenvalue weighted by Crippen LogP contribution is -2.44. The third kappa shape index (κ3) is 9.19. The number of benzene rings is 2. The molecule has 2 atom stereocenters. The number of amides is 4. The molecule has 0 bridgehead atoms. The first kappa shape index (κ1) is 39.6. The molecule has 16 heteroatoms. The summed E-state index contributed by atoms with van der Waals surface area (Å²) in [6.45, 7) is 2.41. The summed E-state index contributed by atoms with van der Waals surface area (Å²) in [6.07, 6.45) is 9.62. The molecule has 0 aliphatic carbocycles. The predicted molar refractivity (Wildman–Crippen MR) is 194 cm³/mol. The second-order valence-electron chi connectivity index (χ2n) is 12.5. The maximum Gasteiger partial charge on any atom is 0.330 e. The molecule has 2 heterocycles. The molecule has 2 aromatic carbocycles. The molecule has 51 heavy (non-hydrogen) atoms. The van der Waals surface area contributed by atoms with E-state index in [1.165, 1.54) is 90.1 Å². The molecule has 2 N–H and O–H groups in total. The summed E-state index contributed by atoms with van der Waals surface area (Å²) in [5.41, 5.74) is -1.77. The van der Waals surface area contributed by atoms with Crippen molar-refractivity contribution in [2.24, 2.45) is 7.05 Å².